The largest absolute Gasteiger partial charge is 0.279 e. The van der Waals surface area contributed by atoms with Crippen LogP contribution < -0.4 is 4.72 Å². The zero-order valence-electron chi connectivity index (χ0n) is 10.2. The molecule has 0 amide bonds. The van der Waals surface area contributed by atoms with Gasteiger partial charge in [0.25, 0.3) is 10.0 Å². The lowest BCUT2D eigenvalue weighted by Crippen LogP contribution is -2.11. The number of sulfonamides is 1. The molecule has 1 N–H and O–H groups in total. The molecule has 0 saturated carbocycles. The zero-order valence-corrected chi connectivity index (χ0v) is 14.2. The highest BCUT2D eigenvalue weighted by Crippen LogP contribution is 2.31. The molecule has 0 aliphatic rings. The van der Waals surface area contributed by atoms with Crippen LogP contribution in [0.3, 0.4) is 0 Å². The van der Waals surface area contributed by atoms with E-state index in [-0.39, 0.29) is 4.21 Å². The fraction of sp³-hybridized carbons (Fsp3) is 0.167. The van der Waals surface area contributed by atoms with Crippen molar-refractivity contribution in [1.82, 2.24) is 0 Å². The van der Waals surface area contributed by atoms with Gasteiger partial charge in [0.15, 0.2) is 0 Å². The average molecular weight is 381 g/mol. The van der Waals surface area contributed by atoms with Gasteiger partial charge in [0.2, 0.25) is 0 Å². The Morgan fingerprint density at radius 1 is 1.21 bits per heavy atom. The SMILES string of the molecule is Cc1ccc(NS(=O)(=O)c2cc(C)c(Cl)s2)cc1Br. The maximum absolute atomic E-state index is 12.2. The van der Waals surface area contributed by atoms with Crippen molar-refractivity contribution in [1.29, 1.82) is 0 Å². The highest BCUT2D eigenvalue weighted by Gasteiger charge is 2.18. The van der Waals surface area contributed by atoms with Crippen molar-refractivity contribution in [3.63, 3.8) is 0 Å². The maximum Gasteiger partial charge on any atom is 0.271 e. The lowest BCUT2D eigenvalue weighted by molar-refractivity contribution is 0.603. The molecule has 0 aliphatic carbocycles. The van der Waals surface area contributed by atoms with Crippen LogP contribution in [0, 0.1) is 13.8 Å². The minimum atomic E-state index is -3.58. The van der Waals surface area contributed by atoms with Crippen LogP contribution in [0.15, 0.2) is 32.9 Å². The minimum absolute atomic E-state index is 0.215. The van der Waals surface area contributed by atoms with Crippen molar-refractivity contribution in [2.24, 2.45) is 0 Å². The topological polar surface area (TPSA) is 46.2 Å². The normalized spacial score (nSPS) is 11.6. The number of rotatable bonds is 3. The third-order valence-electron chi connectivity index (χ3n) is 2.52. The summed E-state index contributed by atoms with van der Waals surface area (Å²) in [4.78, 5) is 0. The summed E-state index contributed by atoms with van der Waals surface area (Å²) in [6.07, 6.45) is 0. The van der Waals surface area contributed by atoms with E-state index in [1.165, 1.54) is 0 Å². The number of aryl methyl sites for hydroxylation is 2. The van der Waals surface area contributed by atoms with Gasteiger partial charge in [-0.15, -0.1) is 11.3 Å². The summed E-state index contributed by atoms with van der Waals surface area (Å²) in [6.45, 7) is 3.71. The molecule has 7 heteroatoms. The van der Waals surface area contributed by atoms with Crippen molar-refractivity contribution in [2.45, 2.75) is 18.1 Å². The molecular weight excluding hydrogens is 370 g/mol. The summed E-state index contributed by atoms with van der Waals surface area (Å²) in [5.41, 5.74) is 2.31. The van der Waals surface area contributed by atoms with E-state index in [9.17, 15) is 8.42 Å². The maximum atomic E-state index is 12.2. The molecule has 2 aromatic rings. The van der Waals surface area contributed by atoms with Crippen LogP contribution in [-0.4, -0.2) is 8.42 Å². The Bertz CT molecular complexity index is 706. The van der Waals surface area contributed by atoms with Gasteiger partial charge in [0, 0.05) is 10.2 Å². The summed E-state index contributed by atoms with van der Waals surface area (Å²) in [6, 6.07) is 6.86. The molecule has 0 spiro atoms. The number of hydrogen-bond donors (Lipinski definition) is 1. The molecule has 1 aromatic carbocycles. The van der Waals surface area contributed by atoms with Gasteiger partial charge in [-0.3, -0.25) is 4.72 Å². The van der Waals surface area contributed by atoms with Gasteiger partial charge in [-0.1, -0.05) is 33.6 Å². The molecule has 19 heavy (non-hydrogen) atoms. The van der Waals surface area contributed by atoms with Gasteiger partial charge in [-0.25, -0.2) is 8.42 Å². The Labute approximate surface area is 129 Å². The number of hydrogen-bond acceptors (Lipinski definition) is 3. The number of nitrogens with one attached hydrogen (secondary N) is 1. The third-order valence-corrected chi connectivity index (χ3v) is 6.79. The number of halogens is 2. The Balaban J connectivity index is 2.33. The number of anilines is 1. The van der Waals surface area contributed by atoms with Gasteiger partial charge in [-0.2, -0.15) is 0 Å². The Morgan fingerprint density at radius 3 is 2.42 bits per heavy atom. The second kappa shape index (κ2) is 5.44. The fourth-order valence-electron chi connectivity index (χ4n) is 1.43. The van der Waals surface area contributed by atoms with Crippen molar-refractivity contribution in [3.8, 4) is 0 Å². The summed E-state index contributed by atoms with van der Waals surface area (Å²) in [5.74, 6) is 0. The molecule has 0 fully saturated rings. The standard InChI is InChI=1S/C12H11BrClNO2S2/c1-7-3-4-9(6-10(7)13)15-19(16,17)11-5-8(2)12(14)18-11/h3-6,15H,1-2H3. The van der Waals surface area contributed by atoms with Crippen LogP contribution in [0.2, 0.25) is 4.34 Å². The second-order valence-electron chi connectivity index (χ2n) is 4.09. The van der Waals surface area contributed by atoms with Crippen LogP contribution >= 0.6 is 38.9 Å². The molecule has 0 radical (unpaired) electrons. The quantitative estimate of drug-likeness (QED) is 0.847. The summed E-state index contributed by atoms with van der Waals surface area (Å²) in [7, 11) is -3.58. The Kier molecular flexibility index (Phi) is 4.25. The molecule has 0 unspecified atom stereocenters. The number of benzene rings is 1. The summed E-state index contributed by atoms with van der Waals surface area (Å²) >= 11 is 10.3. The first-order chi connectivity index (χ1) is 8.79. The predicted octanol–water partition coefficient (Wildman–Crippen LogP) is 4.58. The predicted molar refractivity (Wildman–Crippen MR) is 83.8 cm³/mol. The third kappa shape index (κ3) is 3.31. The molecule has 1 heterocycles. The molecule has 0 bridgehead atoms. The van der Waals surface area contributed by atoms with Gasteiger partial charge >= 0.3 is 0 Å². The summed E-state index contributed by atoms with van der Waals surface area (Å²) in [5, 5.41) is 0. The van der Waals surface area contributed by atoms with Gasteiger partial charge in [0.05, 0.1) is 4.34 Å². The van der Waals surface area contributed by atoms with Gasteiger partial charge in [0.1, 0.15) is 4.21 Å². The molecular formula is C12H11BrClNO2S2. The van der Waals surface area contributed by atoms with E-state index in [1.54, 1.807) is 25.1 Å². The first-order valence-electron chi connectivity index (χ1n) is 5.34. The highest BCUT2D eigenvalue weighted by atomic mass is 79.9. The first kappa shape index (κ1) is 14.8. The number of thiophene rings is 1. The Hall–Kier alpha value is -0.560. The van der Waals surface area contributed by atoms with Gasteiger partial charge < -0.3 is 0 Å². The van der Waals surface area contributed by atoms with Crippen LogP contribution in [0.1, 0.15) is 11.1 Å². The molecule has 0 atom stereocenters. The van der Waals surface area contributed by atoms with E-state index in [0.29, 0.717) is 10.0 Å². The van der Waals surface area contributed by atoms with Crippen LogP contribution in [0.25, 0.3) is 0 Å². The van der Waals surface area contributed by atoms with E-state index in [0.717, 1.165) is 26.9 Å². The first-order valence-corrected chi connectivity index (χ1v) is 8.81. The van der Waals surface area contributed by atoms with E-state index in [4.69, 9.17) is 11.6 Å². The van der Waals surface area contributed by atoms with Crippen molar-refractivity contribution < 1.29 is 8.42 Å². The van der Waals surface area contributed by atoms with E-state index in [2.05, 4.69) is 20.7 Å². The molecule has 0 saturated heterocycles. The monoisotopic (exact) mass is 379 g/mol. The van der Waals surface area contributed by atoms with Crippen LogP contribution in [0.4, 0.5) is 5.69 Å². The molecule has 3 nitrogen and oxygen atoms in total. The Morgan fingerprint density at radius 2 is 1.89 bits per heavy atom. The zero-order chi connectivity index (χ0) is 14.2. The molecule has 2 rings (SSSR count). The van der Waals surface area contributed by atoms with E-state index in [1.807, 2.05) is 13.0 Å². The molecule has 1 aromatic heterocycles. The molecule has 102 valence electrons. The van der Waals surface area contributed by atoms with Crippen molar-refractivity contribution >= 4 is 54.6 Å². The van der Waals surface area contributed by atoms with E-state index < -0.39 is 10.0 Å². The van der Waals surface area contributed by atoms with Crippen molar-refractivity contribution in [3.05, 3.63) is 44.2 Å². The van der Waals surface area contributed by atoms with Crippen LogP contribution in [0.5, 0.6) is 0 Å². The lowest BCUT2D eigenvalue weighted by atomic mass is 10.2. The smallest absolute Gasteiger partial charge is 0.271 e. The van der Waals surface area contributed by atoms with Crippen molar-refractivity contribution in [2.75, 3.05) is 4.72 Å². The molecule has 0 aliphatic heterocycles. The second-order valence-corrected chi connectivity index (χ2v) is 8.51. The minimum Gasteiger partial charge on any atom is -0.279 e. The van der Waals surface area contributed by atoms with Gasteiger partial charge in [-0.05, 0) is 43.2 Å². The fourth-order valence-corrected chi connectivity index (χ4v) is 4.56. The summed E-state index contributed by atoms with van der Waals surface area (Å²) < 4.78 is 28.5. The lowest BCUT2D eigenvalue weighted by Gasteiger charge is -2.07. The van der Waals surface area contributed by atoms with E-state index >= 15 is 0 Å². The average Bonchev–Trinajstić information content (AvgIpc) is 2.65. The van der Waals surface area contributed by atoms with Crippen LogP contribution in [-0.2, 0) is 10.0 Å². The highest BCUT2D eigenvalue weighted by molar-refractivity contribution is 9.10.